The highest BCUT2D eigenvalue weighted by Crippen LogP contribution is 2.42. The van der Waals surface area contributed by atoms with Gasteiger partial charge >= 0.3 is 6.18 Å². The highest BCUT2D eigenvalue weighted by atomic mass is 35.5. The molecule has 1 N–H and O–H groups in total. The van der Waals surface area contributed by atoms with Crippen molar-refractivity contribution >= 4 is 49.7 Å². The molecule has 0 spiro atoms. The predicted molar refractivity (Wildman–Crippen MR) is 113 cm³/mol. The van der Waals surface area contributed by atoms with Crippen molar-refractivity contribution in [3.63, 3.8) is 0 Å². The van der Waals surface area contributed by atoms with Gasteiger partial charge in [-0.25, -0.2) is 8.42 Å². The van der Waals surface area contributed by atoms with Crippen molar-refractivity contribution in [2.75, 3.05) is 16.2 Å². The van der Waals surface area contributed by atoms with Crippen LogP contribution in [0.2, 0.25) is 5.02 Å². The number of sulfonamides is 1. The maximum absolute atomic E-state index is 12.9. The lowest BCUT2D eigenvalue weighted by atomic mass is 10.1. The minimum Gasteiger partial charge on any atom is -0.325 e. The molecule has 5 nitrogen and oxygen atoms in total. The summed E-state index contributed by atoms with van der Waals surface area (Å²) in [5.41, 5.74) is -0.525. The van der Waals surface area contributed by atoms with Gasteiger partial charge in [0.15, 0.2) is 0 Å². The van der Waals surface area contributed by atoms with Gasteiger partial charge in [-0.05, 0) is 42.1 Å². The summed E-state index contributed by atoms with van der Waals surface area (Å²) < 4.78 is 65.7. The molecule has 1 amide bonds. The largest absolute Gasteiger partial charge is 0.416 e. The van der Waals surface area contributed by atoms with Crippen LogP contribution in [0.4, 0.5) is 24.5 Å². The van der Waals surface area contributed by atoms with E-state index in [-0.39, 0.29) is 35.0 Å². The highest BCUT2D eigenvalue weighted by molar-refractivity contribution is 7.93. The van der Waals surface area contributed by atoms with Crippen molar-refractivity contribution in [3.8, 4) is 0 Å². The molecule has 1 aliphatic heterocycles. The Hall–Kier alpha value is -2.78. The predicted octanol–water partition coefficient (Wildman–Crippen LogP) is 5.44. The Bertz CT molecular complexity index is 1290. The molecule has 31 heavy (non-hydrogen) atoms. The third kappa shape index (κ3) is 3.95. The quantitative estimate of drug-likeness (QED) is 0.542. The van der Waals surface area contributed by atoms with E-state index in [0.717, 1.165) is 23.6 Å². The first kappa shape index (κ1) is 21.5. The first-order valence-corrected chi connectivity index (χ1v) is 11.1. The van der Waals surface area contributed by atoms with Crippen molar-refractivity contribution in [3.05, 3.63) is 65.2 Å². The molecule has 0 saturated heterocycles. The number of carbonyl (C=O) groups is 1. The van der Waals surface area contributed by atoms with Crippen LogP contribution < -0.4 is 9.62 Å². The molecule has 0 aliphatic carbocycles. The lowest BCUT2D eigenvalue weighted by Gasteiger charge is -2.18. The fourth-order valence-electron chi connectivity index (χ4n) is 3.59. The van der Waals surface area contributed by atoms with Gasteiger partial charge in [0, 0.05) is 18.4 Å². The minimum absolute atomic E-state index is 0.0226. The number of nitrogens with one attached hydrogen (secondary N) is 1. The zero-order chi connectivity index (χ0) is 22.4. The number of amides is 1. The molecule has 3 aromatic carbocycles. The highest BCUT2D eigenvalue weighted by Gasteiger charge is 2.35. The SMILES string of the molecule is O=C(CCCN1c2cccc3cccc(c23)S1(=O)=O)Nc1cc(C(F)(F)F)ccc1Cl. The van der Waals surface area contributed by atoms with E-state index >= 15 is 0 Å². The second kappa shape index (κ2) is 7.72. The molecule has 10 heteroatoms. The Labute approximate surface area is 181 Å². The van der Waals surface area contributed by atoms with Gasteiger partial charge in [0.2, 0.25) is 5.91 Å². The summed E-state index contributed by atoms with van der Waals surface area (Å²) in [5, 5.41) is 3.79. The van der Waals surface area contributed by atoms with Crippen LogP contribution in [0.3, 0.4) is 0 Å². The fraction of sp³-hybridized carbons (Fsp3) is 0.190. The number of hydrogen-bond donors (Lipinski definition) is 1. The van der Waals surface area contributed by atoms with Crippen molar-refractivity contribution in [1.29, 1.82) is 0 Å². The van der Waals surface area contributed by atoms with Crippen LogP contribution in [-0.4, -0.2) is 20.9 Å². The molecule has 0 saturated carbocycles. The molecule has 0 aromatic heterocycles. The van der Waals surface area contributed by atoms with E-state index in [1.807, 2.05) is 12.1 Å². The number of hydrogen-bond acceptors (Lipinski definition) is 3. The van der Waals surface area contributed by atoms with Crippen molar-refractivity contribution in [2.45, 2.75) is 23.9 Å². The monoisotopic (exact) mass is 468 g/mol. The summed E-state index contributed by atoms with van der Waals surface area (Å²) >= 11 is 5.89. The summed E-state index contributed by atoms with van der Waals surface area (Å²) in [5.74, 6) is -0.562. The number of rotatable bonds is 5. The lowest BCUT2D eigenvalue weighted by Crippen LogP contribution is -2.29. The Morgan fingerprint density at radius 3 is 2.48 bits per heavy atom. The van der Waals surface area contributed by atoms with Gasteiger partial charge in [-0.3, -0.25) is 9.10 Å². The second-order valence-electron chi connectivity index (χ2n) is 7.05. The van der Waals surface area contributed by atoms with Crippen LogP contribution >= 0.6 is 11.6 Å². The molecular weight excluding hydrogens is 453 g/mol. The van der Waals surface area contributed by atoms with Crippen LogP contribution in [0.1, 0.15) is 18.4 Å². The van der Waals surface area contributed by atoms with Gasteiger partial charge < -0.3 is 5.32 Å². The van der Waals surface area contributed by atoms with E-state index in [4.69, 9.17) is 11.6 Å². The number of carbonyl (C=O) groups excluding carboxylic acids is 1. The zero-order valence-electron chi connectivity index (χ0n) is 15.9. The maximum Gasteiger partial charge on any atom is 0.416 e. The van der Waals surface area contributed by atoms with Crippen LogP contribution in [0.5, 0.6) is 0 Å². The number of halogens is 4. The summed E-state index contributed by atoms with van der Waals surface area (Å²) in [7, 11) is -3.73. The van der Waals surface area contributed by atoms with Crippen molar-refractivity contribution < 1.29 is 26.4 Å². The Kier molecular flexibility index (Phi) is 5.35. The number of anilines is 2. The van der Waals surface area contributed by atoms with Gasteiger partial charge in [0.1, 0.15) is 0 Å². The summed E-state index contributed by atoms with van der Waals surface area (Å²) in [6.45, 7) is 0.0554. The van der Waals surface area contributed by atoms with E-state index in [9.17, 15) is 26.4 Å². The molecule has 1 aliphatic rings. The molecule has 1 heterocycles. The molecule has 3 aromatic rings. The van der Waals surface area contributed by atoms with E-state index in [2.05, 4.69) is 5.32 Å². The Morgan fingerprint density at radius 2 is 1.77 bits per heavy atom. The van der Waals surface area contributed by atoms with Gasteiger partial charge in [-0.15, -0.1) is 0 Å². The maximum atomic E-state index is 12.9. The molecule has 0 bridgehead atoms. The molecular formula is C21H16ClF3N2O3S. The fourth-order valence-corrected chi connectivity index (χ4v) is 5.51. The number of alkyl halides is 3. The summed E-state index contributed by atoms with van der Waals surface area (Å²) in [6, 6.07) is 13.0. The van der Waals surface area contributed by atoms with Crippen LogP contribution in [0.25, 0.3) is 10.8 Å². The second-order valence-corrected chi connectivity index (χ2v) is 9.29. The van der Waals surface area contributed by atoms with E-state index in [0.29, 0.717) is 11.1 Å². The van der Waals surface area contributed by atoms with Gasteiger partial charge in [0.05, 0.1) is 26.9 Å². The first-order chi connectivity index (χ1) is 14.6. The average molecular weight is 469 g/mol. The zero-order valence-corrected chi connectivity index (χ0v) is 17.5. The van der Waals surface area contributed by atoms with Gasteiger partial charge in [-0.2, -0.15) is 13.2 Å². The summed E-state index contributed by atoms with van der Waals surface area (Å²) in [4.78, 5) is 12.5. The van der Waals surface area contributed by atoms with E-state index in [1.165, 1.54) is 4.31 Å². The van der Waals surface area contributed by atoms with Crippen LogP contribution in [0, 0.1) is 0 Å². The smallest absolute Gasteiger partial charge is 0.325 e. The summed E-state index contributed by atoms with van der Waals surface area (Å²) in [6.07, 6.45) is -4.48. The number of nitrogens with zero attached hydrogens (tertiary/aromatic N) is 1. The van der Waals surface area contributed by atoms with Gasteiger partial charge in [-0.1, -0.05) is 35.9 Å². The topological polar surface area (TPSA) is 66.5 Å². The Morgan fingerprint density at radius 1 is 1.06 bits per heavy atom. The Balaban J connectivity index is 1.45. The molecule has 0 radical (unpaired) electrons. The normalized spacial score (nSPS) is 14.8. The van der Waals surface area contributed by atoms with E-state index < -0.39 is 27.7 Å². The third-order valence-electron chi connectivity index (χ3n) is 5.01. The minimum atomic E-state index is -4.57. The average Bonchev–Trinajstić information content (AvgIpc) is 2.92. The standard InChI is InChI=1S/C21H16ClF3N2O3S/c22-15-10-9-14(21(23,24)25)12-16(15)26-19(28)8-3-11-27-17-6-1-4-13-5-2-7-18(20(13)17)31(27,29)30/h1-2,4-7,9-10,12H,3,8,11H2,(H,26,28). The first-order valence-electron chi connectivity index (χ1n) is 9.30. The van der Waals surface area contributed by atoms with Crippen molar-refractivity contribution in [2.24, 2.45) is 0 Å². The van der Waals surface area contributed by atoms with E-state index in [1.54, 1.807) is 24.3 Å². The third-order valence-corrected chi connectivity index (χ3v) is 7.20. The van der Waals surface area contributed by atoms with Crippen molar-refractivity contribution in [1.82, 2.24) is 0 Å². The molecule has 0 atom stereocenters. The van der Waals surface area contributed by atoms with Crippen LogP contribution in [0.15, 0.2) is 59.5 Å². The number of benzene rings is 3. The lowest BCUT2D eigenvalue weighted by molar-refractivity contribution is -0.137. The van der Waals surface area contributed by atoms with Gasteiger partial charge in [0.25, 0.3) is 10.0 Å². The molecule has 4 rings (SSSR count). The van der Waals surface area contributed by atoms with Crippen LogP contribution in [-0.2, 0) is 21.0 Å². The molecule has 0 fully saturated rings. The molecule has 0 unspecified atom stereocenters. The molecule has 162 valence electrons.